The van der Waals surface area contributed by atoms with Crippen molar-refractivity contribution in [3.05, 3.63) is 65.9 Å². The van der Waals surface area contributed by atoms with Gasteiger partial charge in [0, 0.05) is 24.1 Å². The van der Waals surface area contributed by atoms with Crippen LogP contribution in [0, 0.1) is 0 Å². The van der Waals surface area contributed by atoms with Gasteiger partial charge in [-0.3, -0.25) is 4.79 Å². The molecule has 0 N–H and O–H groups in total. The number of carbonyl (C=O) groups is 1. The first-order valence-electron chi connectivity index (χ1n) is 7.05. The Morgan fingerprint density at radius 2 is 2.29 bits per heavy atom. The van der Waals surface area contributed by atoms with Crippen LogP contribution in [0.1, 0.15) is 36.0 Å². The zero-order valence-corrected chi connectivity index (χ0v) is 12.0. The number of ketones is 1. The largest absolute Gasteiger partial charge is 0.438 e. The normalized spacial score (nSPS) is 13.6. The van der Waals surface area contributed by atoms with Gasteiger partial charge in [-0.15, -0.1) is 6.58 Å². The van der Waals surface area contributed by atoms with E-state index in [4.69, 9.17) is 4.74 Å². The van der Waals surface area contributed by atoms with Crippen LogP contribution in [0.4, 0.5) is 0 Å². The monoisotopic (exact) mass is 279 g/mol. The van der Waals surface area contributed by atoms with Crippen molar-refractivity contribution in [3.63, 3.8) is 0 Å². The molecule has 1 unspecified atom stereocenters. The number of nitrogens with zero attached hydrogens (tertiary/aromatic N) is 1. The van der Waals surface area contributed by atoms with Gasteiger partial charge in [-0.05, 0) is 36.6 Å². The summed E-state index contributed by atoms with van der Waals surface area (Å²) in [6.45, 7) is 5.37. The summed E-state index contributed by atoms with van der Waals surface area (Å²) in [5, 5.41) is 0. The van der Waals surface area contributed by atoms with E-state index in [-0.39, 0.29) is 11.7 Å². The van der Waals surface area contributed by atoms with E-state index in [2.05, 4.69) is 17.6 Å². The molecule has 3 heteroatoms. The second-order valence-electron chi connectivity index (χ2n) is 5.30. The first-order valence-corrected chi connectivity index (χ1v) is 7.05. The minimum Gasteiger partial charge on any atom is -0.438 e. The van der Waals surface area contributed by atoms with Crippen LogP contribution >= 0.6 is 0 Å². The van der Waals surface area contributed by atoms with Gasteiger partial charge in [0.1, 0.15) is 11.5 Å². The van der Waals surface area contributed by atoms with Crippen molar-refractivity contribution in [3.8, 4) is 11.6 Å². The summed E-state index contributed by atoms with van der Waals surface area (Å²) in [6.07, 6.45) is 4.97. The number of fused-ring (bicyclic) bond motifs is 2. The molecule has 1 aromatic heterocycles. The zero-order chi connectivity index (χ0) is 14.8. The smallest absolute Gasteiger partial charge is 0.222 e. The van der Waals surface area contributed by atoms with Crippen LogP contribution in [0.15, 0.2) is 49.2 Å². The second-order valence-corrected chi connectivity index (χ2v) is 5.30. The van der Waals surface area contributed by atoms with Gasteiger partial charge in [0.2, 0.25) is 5.88 Å². The Kier molecular flexibility index (Phi) is 3.57. The molecule has 0 saturated carbocycles. The molecule has 2 aromatic rings. The van der Waals surface area contributed by atoms with Crippen LogP contribution < -0.4 is 4.74 Å². The second kappa shape index (κ2) is 5.52. The van der Waals surface area contributed by atoms with Crippen LogP contribution in [-0.4, -0.2) is 10.8 Å². The number of hydrogen-bond acceptors (Lipinski definition) is 3. The molecule has 0 amide bonds. The van der Waals surface area contributed by atoms with Crippen LogP contribution in [-0.2, 0) is 11.2 Å². The van der Waals surface area contributed by atoms with Gasteiger partial charge in [0.15, 0.2) is 0 Å². The van der Waals surface area contributed by atoms with E-state index in [1.54, 1.807) is 19.2 Å². The number of Topliss-reactive ketones (excluding diaryl/α,β-unsaturated/α-hetero) is 1. The number of carbonyl (C=O) groups excluding carboxylic acids is 1. The number of hydrogen-bond donors (Lipinski definition) is 0. The Bertz CT molecular complexity index is 706. The summed E-state index contributed by atoms with van der Waals surface area (Å²) in [5.41, 5.74) is 3.20. The van der Waals surface area contributed by atoms with Crippen molar-refractivity contribution >= 4 is 5.78 Å². The number of allylic oxidation sites excluding steroid dienone is 1. The molecule has 2 heterocycles. The molecule has 1 atom stereocenters. The fourth-order valence-electron chi connectivity index (χ4n) is 2.72. The maximum Gasteiger partial charge on any atom is 0.222 e. The molecular weight excluding hydrogens is 262 g/mol. The zero-order valence-electron chi connectivity index (χ0n) is 12.0. The van der Waals surface area contributed by atoms with Crippen molar-refractivity contribution in [2.24, 2.45) is 0 Å². The lowest BCUT2D eigenvalue weighted by atomic mass is 9.89. The number of ether oxygens (including phenoxy) is 1. The molecule has 1 aliphatic rings. The lowest BCUT2D eigenvalue weighted by Gasteiger charge is -2.21. The molecule has 0 fully saturated rings. The molecule has 0 radical (unpaired) electrons. The summed E-state index contributed by atoms with van der Waals surface area (Å²) >= 11 is 0. The van der Waals surface area contributed by atoms with Crippen molar-refractivity contribution in [1.29, 1.82) is 0 Å². The molecular formula is C18H17NO2. The number of benzene rings is 1. The molecule has 0 saturated heterocycles. The summed E-state index contributed by atoms with van der Waals surface area (Å²) in [6, 6.07) is 9.89. The van der Waals surface area contributed by atoms with Gasteiger partial charge in [-0.2, -0.15) is 0 Å². The average molecular weight is 279 g/mol. The van der Waals surface area contributed by atoms with E-state index in [9.17, 15) is 4.79 Å². The summed E-state index contributed by atoms with van der Waals surface area (Å²) in [4.78, 5) is 16.1. The Labute approximate surface area is 124 Å². The quantitative estimate of drug-likeness (QED) is 0.677. The first-order chi connectivity index (χ1) is 10.2. The third-order valence-electron chi connectivity index (χ3n) is 3.82. The maximum atomic E-state index is 11.8. The predicted molar refractivity (Wildman–Crippen MR) is 81.8 cm³/mol. The van der Waals surface area contributed by atoms with E-state index >= 15 is 0 Å². The topological polar surface area (TPSA) is 39.2 Å². The third-order valence-corrected chi connectivity index (χ3v) is 3.82. The van der Waals surface area contributed by atoms with Crippen LogP contribution in [0.5, 0.6) is 11.6 Å². The summed E-state index contributed by atoms with van der Waals surface area (Å²) in [7, 11) is 0. The van der Waals surface area contributed by atoms with Crippen molar-refractivity contribution in [2.45, 2.75) is 25.7 Å². The molecule has 106 valence electrons. The number of rotatable bonds is 4. The average Bonchev–Trinajstić information content (AvgIpc) is 2.49. The number of pyridine rings is 1. The van der Waals surface area contributed by atoms with Crippen LogP contribution in [0.25, 0.3) is 0 Å². The highest BCUT2D eigenvalue weighted by atomic mass is 16.5. The highest BCUT2D eigenvalue weighted by Crippen LogP contribution is 2.36. The lowest BCUT2D eigenvalue weighted by molar-refractivity contribution is -0.118. The third kappa shape index (κ3) is 2.59. The molecule has 3 nitrogen and oxygen atoms in total. The standard InChI is InChI=1S/C18H17NO2/c1-3-5-16(12(2)20)13-7-8-17-15(10-13)11-14-6-4-9-19-18(14)21-17/h3-4,6-10,16H,1,5,11H2,2H3. The summed E-state index contributed by atoms with van der Waals surface area (Å²) < 4.78 is 5.82. The van der Waals surface area contributed by atoms with Gasteiger partial charge >= 0.3 is 0 Å². The lowest BCUT2D eigenvalue weighted by Crippen LogP contribution is -2.10. The SMILES string of the molecule is C=CCC(C(C)=O)c1ccc2c(c1)Cc1cccnc1O2. The Morgan fingerprint density at radius 3 is 3.05 bits per heavy atom. The number of aromatic nitrogens is 1. The first kappa shape index (κ1) is 13.6. The van der Waals surface area contributed by atoms with Crippen molar-refractivity contribution < 1.29 is 9.53 Å². The Hall–Kier alpha value is -2.42. The molecule has 0 aliphatic carbocycles. The predicted octanol–water partition coefficient (Wildman–Crippen LogP) is 4.03. The van der Waals surface area contributed by atoms with Gasteiger partial charge in [0.05, 0.1) is 0 Å². The van der Waals surface area contributed by atoms with Gasteiger partial charge in [-0.1, -0.05) is 24.3 Å². The van der Waals surface area contributed by atoms with Gasteiger partial charge in [0.25, 0.3) is 0 Å². The van der Waals surface area contributed by atoms with E-state index in [1.165, 1.54) is 0 Å². The van der Waals surface area contributed by atoms with Crippen molar-refractivity contribution in [2.75, 3.05) is 0 Å². The minimum atomic E-state index is -0.122. The summed E-state index contributed by atoms with van der Waals surface area (Å²) in [5.74, 6) is 1.54. The molecule has 1 aromatic carbocycles. The highest BCUT2D eigenvalue weighted by Gasteiger charge is 2.21. The van der Waals surface area contributed by atoms with E-state index < -0.39 is 0 Å². The van der Waals surface area contributed by atoms with Crippen LogP contribution in [0.2, 0.25) is 0 Å². The molecule has 0 spiro atoms. The maximum absolute atomic E-state index is 11.8. The minimum absolute atomic E-state index is 0.122. The molecule has 1 aliphatic heterocycles. The van der Waals surface area contributed by atoms with Crippen LogP contribution in [0.3, 0.4) is 0 Å². The van der Waals surface area contributed by atoms with E-state index in [0.29, 0.717) is 12.3 Å². The molecule has 3 rings (SSSR count). The Balaban J connectivity index is 1.96. The van der Waals surface area contributed by atoms with E-state index in [1.807, 2.05) is 24.3 Å². The van der Waals surface area contributed by atoms with Gasteiger partial charge < -0.3 is 4.74 Å². The van der Waals surface area contributed by atoms with Gasteiger partial charge in [-0.25, -0.2) is 4.98 Å². The highest BCUT2D eigenvalue weighted by molar-refractivity contribution is 5.83. The van der Waals surface area contributed by atoms with Crippen molar-refractivity contribution in [1.82, 2.24) is 4.98 Å². The molecule has 0 bridgehead atoms. The fraction of sp³-hybridized carbons (Fsp3) is 0.222. The Morgan fingerprint density at radius 1 is 1.43 bits per heavy atom. The van der Waals surface area contributed by atoms with E-state index in [0.717, 1.165) is 28.9 Å². The fourth-order valence-corrected chi connectivity index (χ4v) is 2.72. The molecule has 21 heavy (non-hydrogen) atoms.